The molecule has 2 heterocycles. The first-order valence-electron chi connectivity index (χ1n) is 5.48. The van der Waals surface area contributed by atoms with E-state index in [1.807, 2.05) is 13.1 Å². The second-order valence-electron chi connectivity index (χ2n) is 3.97. The first kappa shape index (κ1) is 11.8. The van der Waals surface area contributed by atoms with Crippen LogP contribution in [-0.2, 0) is 7.05 Å². The lowest BCUT2D eigenvalue weighted by Gasteiger charge is -1.96. The second-order valence-corrected chi connectivity index (χ2v) is 3.97. The van der Waals surface area contributed by atoms with Crippen LogP contribution in [0.4, 0.5) is 0 Å². The fourth-order valence-corrected chi connectivity index (χ4v) is 1.57. The maximum atomic E-state index is 4.27. The first-order chi connectivity index (χ1) is 7.10. The van der Waals surface area contributed by atoms with Crippen molar-refractivity contribution < 1.29 is 0 Å². The quantitative estimate of drug-likeness (QED) is 0.641. The summed E-state index contributed by atoms with van der Waals surface area (Å²) in [5.41, 5.74) is 3.63. The third-order valence-electron chi connectivity index (χ3n) is 2.21. The molecule has 2 rings (SSSR count). The Kier molecular flexibility index (Phi) is 3.89. The molecular weight excluding hydrogens is 184 g/mol. The van der Waals surface area contributed by atoms with E-state index in [9.17, 15) is 0 Å². The van der Waals surface area contributed by atoms with Crippen LogP contribution in [0.3, 0.4) is 0 Å². The van der Waals surface area contributed by atoms with Crippen LogP contribution in [0.15, 0.2) is 18.5 Å². The van der Waals surface area contributed by atoms with E-state index in [0.29, 0.717) is 0 Å². The van der Waals surface area contributed by atoms with Crippen LogP contribution in [0.5, 0.6) is 0 Å². The summed E-state index contributed by atoms with van der Waals surface area (Å²) < 4.78 is 2.14. The Morgan fingerprint density at radius 2 is 1.87 bits per heavy atom. The number of hydrogen-bond donors (Lipinski definition) is 0. The van der Waals surface area contributed by atoms with Crippen LogP contribution in [0, 0.1) is 13.8 Å². The van der Waals surface area contributed by atoms with Crippen molar-refractivity contribution in [3.63, 3.8) is 0 Å². The number of hydrogen-bond acceptors (Lipinski definition) is 1. The highest BCUT2D eigenvalue weighted by Gasteiger charge is 2.02. The van der Waals surface area contributed by atoms with Crippen LogP contribution in [0.2, 0.25) is 0 Å². The molecule has 15 heavy (non-hydrogen) atoms. The summed E-state index contributed by atoms with van der Waals surface area (Å²) in [5.74, 6) is 0. The van der Waals surface area contributed by atoms with Crippen molar-refractivity contribution in [2.45, 2.75) is 34.1 Å². The number of pyridine rings is 1. The summed E-state index contributed by atoms with van der Waals surface area (Å²) in [6.07, 6.45) is 5.33. The Bertz CT molecular complexity index is 441. The molecule has 82 valence electrons. The summed E-state index contributed by atoms with van der Waals surface area (Å²) in [6.45, 7) is 8.38. The van der Waals surface area contributed by atoms with Gasteiger partial charge in [0.15, 0.2) is 0 Å². The molecule has 0 aliphatic carbocycles. The summed E-state index contributed by atoms with van der Waals surface area (Å²) in [6, 6.07) is 2.11. The van der Waals surface area contributed by atoms with Crippen LogP contribution in [0.25, 0.3) is 10.9 Å². The maximum absolute atomic E-state index is 4.27. The van der Waals surface area contributed by atoms with E-state index < -0.39 is 0 Å². The van der Waals surface area contributed by atoms with Crippen molar-refractivity contribution >= 4 is 10.9 Å². The van der Waals surface area contributed by atoms with E-state index in [4.69, 9.17) is 0 Å². The van der Waals surface area contributed by atoms with E-state index >= 15 is 0 Å². The van der Waals surface area contributed by atoms with Gasteiger partial charge in [-0.3, -0.25) is 4.98 Å². The van der Waals surface area contributed by atoms with E-state index in [-0.39, 0.29) is 0 Å². The van der Waals surface area contributed by atoms with Crippen molar-refractivity contribution in [2.75, 3.05) is 0 Å². The molecule has 0 aliphatic rings. The van der Waals surface area contributed by atoms with E-state index in [1.165, 1.54) is 22.9 Å². The number of nitrogens with zero attached hydrogens (tertiary/aromatic N) is 2. The number of fused-ring (bicyclic) bond motifs is 1. The third kappa shape index (κ3) is 2.58. The summed E-state index contributed by atoms with van der Waals surface area (Å²) in [4.78, 5) is 4.27. The van der Waals surface area contributed by atoms with Crippen molar-refractivity contribution in [3.8, 4) is 0 Å². The molecule has 0 saturated carbocycles. The zero-order valence-electron chi connectivity index (χ0n) is 10.3. The first-order valence-corrected chi connectivity index (χ1v) is 5.48. The average Bonchev–Trinajstić information content (AvgIpc) is 2.43. The fraction of sp³-hybridized carbons (Fsp3) is 0.462. The molecule has 0 unspecified atom stereocenters. The van der Waals surface area contributed by atoms with Gasteiger partial charge in [0, 0.05) is 30.5 Å². The van der Waals surface area contributed by atoms with Crippen molar-refractivity contribution in [3.05, 3.63) is 29.7 Å². The molecule has 0 spiro atoms. The van der Waals surface area contributed by atoms with Gasteiger partial charge in [0.2, 0.25) is 0 Å². The van der Waals surface area contributed by atoms with Gasteiger partial charge < -0.3 is 4.57 Å². The molecule has 0 amide bonds. The Labute approximate surface area is 91.9 Å². The fourth-order valence-electron chi connectivity index (χ4n) is 1.57. The topological polar surface area (TPSA) is 17.8 Å². The molecule has 0 N–H and O–H groups in total. The number of aromatic nitrogens is 2. The van der Waals surface area contributed by atoms with Crippen molar-refractivity contribution in [1.82, 2.24) is 9.55 Å². The molecule has 0 bridgehead atoms. The van der Waals surface area contributed by atoms with Crippen LogP contribution in [0.1, 0.15) is 31.5 Å². The number of rotatable bonds is 0. The SMILES string of the molecule is CCC.Cc1cc2c(cn1)c(C)cn2C. The lowest BCUT2D eigenvalue weighted by Crippen LogP contribution is -1.85. The van der Waals surface area contributed by atoms with E-state index in [0.717, 1.165) is 5.69 Å². The van der Waals surface area contributed by atoms with E-state index in [1.54, 1.807) is 0 Å². The van der Waals surface area contributed by atoms with E-state index in [2.05, 4.69) is 49.6 Å². The van der Waals surface area contributed by atoms with Gasteiger partial charge in [-0.05, 0) is 25.5 Å². The Morgan fingerprint density at radius 1 is 1.27 bits per heavy atom. The zero-order valence-corrected chi connectivity index (χ0v) is 10.3. The Hall–Kier alpha value is -1.31. The predicted octanol–water partition coefficient (Wildman–Crippen LogP) is 3.61. The molecule has 2 aromatic rings. The van der Waals surface area contributed by atoms with Crippen LogP contribution >= 0.6 is 0 Å². The van der Waals surface area contributed by atoms with Crippen LogP contribution in [-0.4, -0.2) is 9.55 Å². The largest absolute Gasteiger partial charge is 0.350 e. The van der Waals surface area contributed by atoms with Gasteiger partial charge in [-0.15, -0.1) is 0 Å². The van der Waals surface area contributed by atoms with Crippen molar-refractivity contribution in [1.29, 1.82) is 0 Å². The summed E-state index contributed by atoms with van der Waals surface area (Å²) in [7, 11) is 2.06. The average molecular weight is 204 g/mol. The molecule has 2 nitrogen and oxygen atoms in total. The molecule has 0 aromatic carbocycles. The molecule has 0 fully saturated rings. The molecule has 2 aromatic heterocycles. The molecule has 0 radical (unpaired) electrons. The minimum atomic E-state index is 1.07. The Balaban J connectivity index is 0.000000337. The predicted molar refractivity (Wildman–Crippen MR) is 66.2 cm³/mol. The zero-order chi connectivity index (χ0) is 11.4. The minimum absolute atomic E-state index is 1.07. The van der Waals surface area contributed by atoms with Gasteiger partial charge in [-0.2, -0.15) is 0 Å². The highest BCUT2D eigenvalue weighted by molar-refractivity contribution is 5.83. The molecule has 0 saturated heterocycles. The monoisotopic (exact) mass is 204 g/mol. The maximum Gasteiger partial charge on any atom is 0.0514 e. The van der Waals surface area contributed by atoms with Gasteiger partial charge in [0.25, 0.3) is 0 Å². The lowest BCUT2D eigenvalue weighted by molar-refractivity contribution is 0.961. The molecule has 2 heteroatoms. The van der Waals surface area contributed by atoms with Gasteiger partial charge >= 0.3 is 0 Å². The second kappa shape index (κ2) is 4.96. The molecular formula is C13H20N2. The third-order valence-corrected chi connectivity index (χ3v) is 2.21. The van der Waals surface area contributed by atoms with Gasteiger partial charge in [-0.1, -0.05) is 20.3 Å². The van der Waals surface area contributed by atoms with Gasteiger partial charge in [0.05, 0.1) is 5.52 Å². The molecule has 0 aliphatic heterocycles. The number of aryl methyl sites for hydroxylation is 3. The lowest BCUT2D eigenvalue weighted by atomic mass is 10.2. The van der Waals surface area contributed by atoms with Crippen molar-refractivity contribution in [2.24, 2.45) is 7.05 Å². The summed E-state index contributed by atoms with van der Waals surface area (Å²) >= 11 is 0. The van der Waals surface area contributed by atoms with Gasteiger partial charge in [-0.25, -0.2) is 0 Å². The normalized spacial score (nSPS) is 9.93. The summed E-state index contributed by atoms with van der Waals surface area (Å²) in [5, 5.41) is 1.25. The minimum Gasteiger partial charge on any atom is -0.350 e. The highest BCUT2D eigenvalue weighted by Crippen LogP contribution is 2.18. The van der Waals surface area contributed by atoms with Crippen LogP contribution < -0.4 is 0 Å². The Morgan fingerprint density at radius 3 is 2.47 bits per heavy atom. The van der Waals surface area contributed by atoms with Gasteiger partial charge in [0.1, 0.15) is 0 Å². The smallest absolute Gasteiger partial charge is 0.0514 e. The highest BCUT2D eigenvalue weighted by atomic mass is 14.9. The standard InChI is InChI=1S/C10H12N2.C3H8/c1-7-6-12(3)10-4-8(2)11-5-9(7)10;1-3-2/h4-6H,1-3H3;3H2,1-2H3. The molecule has 0 atom stereocenters.